The SMILES string of the molecule is Cc1cccc(C)c1OCC(=O)Nc1cccc2c(O)cccc12. The van der Waals surface area contributed by atoms with Crippen molar-refractivity contribution in [2.24, 2.45) is 0 Å². The average molecular weight is 321 g/mol. The second kappa shape index (κ2) is 6.62. The van der Waals surface area contributed by atoms with E-state index in [2.05, 4.69) is 5.32 Å². The van der Waals surface area contributed by atoms with Crippen LogP contribution >= 0.6 is 0 Å². The van der Waals surface area contributed by atoms with Crippen molar-refractivity contribution in [3.05, 3.63) is 65.7 Å². The molecule has 0 atom stereocenters. The molecule has 0 spiro atoms. The molecule has 0 unspecified atom stereocenters. The number of nitrogens with one attached hydrogen (secondary N) is 1. The summed E-state index contributed by atoms with van der Waals surface area (Å²) in [7, 11) is 0. The predicted octanol–water partition coefficient (Wildman–Crippen LogP) is 4.18. The van der Waals surface area contributed by atoms with E-state index < -0.39 is 0 Å². The minimum atomic E-state index is -0.242. The van der Waals surface area contributed by atoms with Crippen molar-refractivity contribution in [3.8, 4) is 11.5 Å². The lowest BCUT2D eigenvalue weighted by Gasteiger charge is -2.13. The molecule has 0 aliphatic rings. The van der Waals surface area contributed by atoms with Gasteiger partial charge < -0.3 is 15.2 Å². The summed E-state index contributed by atoms with van der Waals surface area (Å²) < 4.78 is 5.68. The van der Waals surface area contributed by atoms with E-state index in [-0.39, 0.29) is 18.3 Å². The molecule has 3 rings (SSSR count). The van der Waals surface area contributed by atoms with Crippen LogP contribution in [0.1, 0.15) is 11.1 Å². The van der Waals surface area contributed by atoms with Gasteiger partial charge in [0.05, 0.1) is 0 Å². The van der Waals surface area contributed by atoms with Crippen LogP contribution in [0.3, 0.4) is 0 Å². The monoisotopic (exact) mass is 321 g/mol. The highest BCUT2D eigenvalue weighted by Crippen LogP contribution is 2.29. The highest BCUT2D eigenvalue weighted by Gasteiger charge is 2.10. The van der Waals surface area contributed by atoms with Crippen LogP contribution in [0.4, 0.5) is 5.69 Å². The van der Waals surface area contributed by atoms with Crippen molar-refractivity contribution in [2.75, 3.05) is 11.9 Å². The number of benzene rings is 3. The normalized spacial score (nSPS) is 10.6. The molecular weight excluding hydrogens is 302 g/mol. The summed E-state index contributed by atoms with van der Waals surface area (Å²) in [6.07, 6.45) is 0. The topological polar surface area (TPSA) is 58.6 Å². The number of amides is 1. The summed E-state index contributed by atoms with van der Waals surface area (Å²) >= 11 is 0. The van der Waals surface area contributed by atoms with Crippen LogP contribution in [-0.2, 0) is 4.79 Å². The molecule has 4 heteroatoms. The maximum atomic E-state index is 12.2. The molecule has 122 valence electrons. The van der Waals surface area contributed by atoms with E-state index in [4.69, 9.17) is 4.74 Å². The molecule has 0 saturated heterocycles. The van der Waals surface area contributed by atoms with Crippen molar-refractivity contribution in [1.82, 2.24) is 0 Å². The van der Waals surface area contributed by atoms with Gasteiger partial charge in [0.25, 0.3) is 5.91 Å². The molecule has 1 amide bonds. The van der Waals surface area contributed by atoms with Crippen molar-refractivity contribution in [1.29, 1.82) is 0 Å². The van der Waals surface area contributed by atoms with Crippen LogP contribution in [0, 0.1) is 13.8 Å². The molecule has 0 aromatic heterocycles. The maximum Gasteiger partial charge on any atom is 0.262 e. The minimum absolute atomic E-state index is 0.0686. The number of hydrogen-bond acceptors (Lipinski definition) is 3. The van der Waals surface area contributed by atoms with Gasteiger partial charge in [0, 0.05) is 16.5 Å². The van der Waals surface area contributed by atoms with Gasteiger partial charge >= 0.3 is 0 Å². The fourth-order valence-corrected chi connectivity index (χ4v) is 2.75. The predicted molar refractivity (Wildman–Crippen MR) is 95.7 cm³/mol. The zero-order valence-corrected chi connectivity index (χ0v) is 13.7. The third-order valence-electron chi connectivity index (χ3n) is 3.93. The van der Waals surface area contributed by atoms with Crippen molar-refractivity contribution in [2.45, 2.75) is 13.8 Å². The first kappa shape index (κ1) is 15.9. The lowest BCUT2D eigenvalue weighted by Crippen LogP contribution is -2.20. The standard InChI is InChI=1S/C20H19NO3/c1-13-6-3-7-14(2)20(13)24-12-19(23)21-17-10-4-9-16-15(17)8-5-11-18(16)22/h3-11,22H,12H2,1-2H3,(H,21,23). The van der Waals surface area contributed by atoms with Crippen molar-refractivity contribution >= 4 is 22.4 Å². The van der Waals surface area contributed by atoms with Crippen molar-refractivity contribution < 1.29 is 14.6 Å². The van der Waals surface area contributed by atoms with Gasteiger partial charge in [-0.25, -0.2) is 0 Å². The van der Waals surface area contributed by atoms with Crippen LogP contribution in [0.2, 0.25) is 0 Å². The van der Waals surface area contributed by atoms with E-state index in [1.807, 2.05) is 44.2 Å². The number of para-hydroxylation sites is 1. The Hall–Kier alpha value is -3.01. The Labute approximate surface area is 140 Å². The Balaban J connectivity index is 1.75. The Kier molecular flexibility index (Phi) is 4.38. The summed E-state index contributed by atoms with van der Waals surface area (Å²) in [6.45, 7) is 3.84. The molecule has 3 aromatic rings. The molecule has 4 nitrogen and oxygen atoms in total. The van der Waals surface area contributed by atoms with Gasteiger partial charge in [0.15, 0.2) is 6.61 Å². The third-order valence-corrected chi connectivity index (χ3v) is 3.93. The van der Waals surface area contributed by atoms with Crippen LogP contribution in [-0.4, -0.2) is 17.6 Å². The molecule has 0 radical (unpaired) electrons. The highest BCUT2D eigenvalue weighted by atomic mass is 16.5. The molecule has 3 aromatic carbocycles. The third kappa shape index (κ3) is 3.18. The number of carbonyl (C=O) groups is 1. The highest BCUT2D eigenvalue weighted by molar-refractivity contribution is 6.04. The number of rotatable bonds is 4. The Morgan fingerprint density at radius 2 is 1.58 bits per heavy atom. The Morgan fingerprint density at radius 3 is 2.33 bits per heavy atom. The van der Waals surface area contributed by atoms with Gasteiger partial charge in [0.2, 0.25) is 0 Å². The van der Waals surface area contributed by atoms with E-state index in [9.17, 15) is 9.90 Å². The van der Waals surface area contributed by atoms with Gasteiger partial charge in [-0.1, -0.05) is 42.5 Å². The van der Waals surface area contributed by atoms with E-state index in [1.54, 1.807) is 24.3 Å². The van der Waals surface area contributed by atoms with E-state index >= 15 is 0 Å². The number of phenols is 1. The first-order chi connectivity index (χ1) is 11.6. The first-order valence-electron chi connectivity index (χ1n) is 7.76. The lowest BCUT2D eigenvalue weighted by molar-refractivity contribution is -0.118. The molecule has 0 bridgehead atoms. The number of aryl methyl sites for hydroxylation is 2. The number of hydrogen-bond donors (Lipinski definition) is 2. The molecule has 24 heavy (non-hydrogen) atoms. The quantitative estimate of drug-likeness (QED) is 0.758. The lowest BCUT2D eigenvalue weighted by atomic mass is 10.1. The van der Waals surface area contributed by atoms with Gasteiger partial charge in [-0.2, -0.15) is 0 Å². The number of phenolic OH excluding ortho intramolecular Hbond substituents is 1. The van der Waals surface area contributed by atoms with Crippen LogP contribution in [0.15, 0.2) is 54.6 Å². The Morgan fingerprint density at radius 1 is 0.958 bits per heavy atom. The van der Waals surface area contributed by atoms with Gasteiger partial charge in [0.1, 0.15) is 11.5 Å². The number of ether oxygens (including phenoxy) is 1. The summed E-state index contributed by atoms with van der Waals surface area (Å²) in [5.41, 5.74) is 2.65. The zero-order valence-electron chi connectivity index (χ0n) is 13.7. The van der Waals surface area contributed by atoms with Gasteiger partial charge in [-0.15, -0.1) is 0 Å². The van der Waals surface area contributed by atoms with Gasteiger partial charge in [-0.05, 0) is 37.1 Å². The van der Waals surface area contributed by atoms with Gasteiger partial charge in [-0.3, -0.25) is 4.79 Å². The first-order valence-corrected chi connectivity index (χ1v) is 7.76. The largest absolute Gasteiger partial charge is 0.507 e. The molecule has 0 heterocycles. The van der Waals surface area contributed by atoms with E-state index in [0.717, 1.165) is 22.3 Å². The van der Waals surface area contributed by atoms with Crippen LogP contribution < -0.4 is 10.1 Å². The zero-order chi connectivity index (χ0) is 17.1. The Bertz CT molecular complexity index is 882. The minimum Gasteiger partial charge on any atom is -0.507 e. The second-order valence-electron chi connectivity index (χ2n) is 5.74. The molecule has 0 aliphatic carbocycles. The fourth-order valence-electron chi connectivity index (χ4n) is 2.75. The fraction of sp³-hybridized carbons (Fsp3) is 0.150. The molecule has 0 saturated carbocycles. The van der Waals surface area contributed by atoms with Crippen LogP contribution in [0.5, 0.6) is 11.5 Å². The van der Waals surface area contributed by atoms with Crippen LogP contribution in [0.25, 0.3) is 10.8 Å². The van der Waals surface area contributed by atoms with Crippen molar-refractivity contribution in [3.63, 3.8) is 0 Å². The number of carbonyl (C=O) groups excluding carboxylic acids is 1. The molecular formula is C20H19NO3. The smallest absolute Gasteiger partial charge is 0.262 e. The average Bonchev–Trinajstić information content (AvgIpc) is 2.55. The molecule has 0 aliphatic heterocycles. The summed E-state index contributed by atoms with van der Waals surface area (Å²) in [5.74, 6) is 0.687. The number of anilines is 1. The summed E-state index contributed by atoms with van der Waals surface area (Å²) in [4.78, 5) is 12.2. The number of aromatic hydroxyl groups is 1. The number of fused-ring (bicyclic) bond motifs is 1. The van der Waals surface area contributed by atoms with E-state index in [0.29, 0.717) is 11.1 Å². The second-order valence-corrected chi connectivity index (χ2v) is 5.74. The summed E-state index contributed by atoms with van der Waals surface area (Å²) in [6, 6.07) is 16.5. The molecule has 2 N–H and O–H groups in total. The summed E-state index contributed by atoms with van der Waals surface area (Å²) in [5, 5.41) is 14.2. The molecule has 0 fully saturated rings. The van der Waals surface area contributed by atoms with E-state index in [1.165, 1.54) is 0 Å². The maximum absolute atomic E-state index is 12.2.